The Balaban J connectivity index is 1.94. The van der Waals surface area contributed by atoms with Crippen LogP contribution in [-0.4, -0.2) is 50.7 Å². The van der Waals surface area contributed by atoms with Crippen LogP contribution in [0.5, 0.6) is 11.6 Å². The Morgan fingerprint density at radius 3 is 2.11 bits per heavy atom. The van der Waals surface area contributed by atoms with Crippen LogP contribution in [0.3, 0.4) is 0 Å². The van der Waals surface area contributed by atoms with Crippen LogP contribution >= 0.6 is 0 Å². The first-order valence-corrected chi connectivity index (χ1v) is 11.8. The van der Waals surface area contributed by atoms with Gasteiger partial charge in [-0.15, -0.1) is 0 Å². The Labute approximate surface area is 206 Å². The third kappa shape index (κ3) is 7.59. The van der Waals surface area contributed by atoms with Crippen molar-refractivity contribution in [2.45, 2.75) is 65.8 Å². The number of hydrogen-bond donors (Lipinski definition) is 1. The molecule has 35 heavy (non-hydrogen) atoms. The number of aliphatic hydroxyl groups excluding tert-OH is 1. The van der Waals surface area contributed by atoms with Gasteiger partial charge in [0.1, 0.15) is 17.4 Å². The van der Waals surface area contributed by atoms with Gasteiger partial charge in [-0.25, -0.2) is 13.5 Å². The van der Waals surface area contributed by atoms with Gasteiger partial charge in [-0.05, 0) is 90.1 Å². The van der Waals surface area contributed by atoms with Crippen LogP contribution < -0.4 is 4.74 Å². The van der Waals surface area contributed by atoms with E-state index in [-0.39, 0.29) is 29.9 Å². The third-order valence-electron chi connectivity index (χ3n) is 5.48. The van der Waals surface area contributed by atoms with E-state index in [1.165, 1.54) is 24.3 Å². The minimum Gasteiger partial charge on any atom is -0.439 e. The summed E-state index contributed by atoms with van der Waals surface area (Å²) in [7, 11) is 0. The molecule has 0 amide bonds. The number of halogens is 2. The van der Waals surface area contributed by atoms with Crippen LogP contribution in [0.1, 0.15) is 45.9 Å². The number of benzene rings is 2. The summed E-state index contributed by atoms with van der Waals surface area (Å²) in [6.07, 6.45) is -0.675. The van der Waals surface area contributed by atoms with Gasteiger partial charge in [-0.2, -0.15) is 5.10 Å². The summed E-state index contributed by atoms with van der Waals surface area (Å²) < 4.78 is 40.6. The molecule has 2 aromatic carbocycles. The summed E-state index contributed by atoms with van der Waals surface area (Å²) in [5.41, 5.74) is 1.84. The zero-order chi connectivity index (χ0) is 25.8. The van der Waals surface area contributed by atoms with Crippen molar-refractivity contribution >= 4 is 0 Å². The van der Waals surface area contributed by atoms with Crippen LogP contribution in [0.25, 0.3) is 5.69 Å². The van der Waals surface area contributed by atoms with Crippen LogP contribution in [0.4, 0.5) is 8.78 Å². The fourth-order valence-corrected chi connectivity index (χ4v) is 3.53. The first kappa shape index (κ1) is 26.8. The second kappa shape index (κ2) is 11.3. The normalized spacial score (nSPS) is 13.0. The molecule has 3 aromatic rings. The lowest BCUT2D eigenvalue weighted by atomic mass is 10.1. The van der Waals surface area contributed by atoms with Crippen LogP contribution in [0.15, 0.2) is 48.5 Å². The Bertz CT molecular complexity index is 1090. The molecule has 8 heteroatoms. The van der Waals surface area contributed by atoms with Crippen molar-refractivity contribution in [2.24, 2.45) is 0 Å². The van der Waals surface area contributed by atoms with Crippen LogP contribution in [0.2, 0.25) is 0 Å². The van der Waals surface area contributed by atoms with Crippen molar-refractivity contribution in [1.29, 1.82) is 0 Å². The lowest BCUT2D eigenvalue weighted by Gasteiger charge is -2.30. The quantitative estimate of drug-likeness (QED) is 0.401. The smallest absolute Gasteiger partial charge is 0.227 e. The molecule has 0 saturated heterocycles. The molecule has 0 aliphatic rings. The molecular formula is C27H35F2N3O3. The number of aryl methyl sites for hydroxylation is 1. The minimum absolute atomic E-state index is 0.117. The van der Waals surface area contributed by atoms with Crippen molar-refractivity contribution in [1.82, 2.24) is 14.7 Å². The molecule has 0 fully saturated rings. The van der Waals surface area contributed by atoms with Gasteiger partial charge in [0.2, 0.25) is 5.88 Å². The highest BCUT2D eigenvalue weighted by molar-refractivity contribution is 5.43. The standard InChI is InChI=1S/C27H35F2N3O3/c1-18(2)31(15-23(33)17-34-27(4,5)6)16-25-19(3)30-32(22-11-7-20(28)8-12-22)26(25)35-24-13-9-21(29)10-14-24/h7-14,18,23,33H,15-17H2,1-6H3/t23-/m0/s1. The van der Waals surface area contributed by atoms with Crippen molar-refractivity contribution in [2.75, 3.05) is 13.2 Å². The molecule has 0 aliphatic heterocycles. The SMILES string of the molecule is Cc1nn(-c2ccc(F)cc2)c(Oc2ccc(F)cc2)c1CN(C[C@H](O)COC(C)(C)C)C(C)C. The second-order valence-corrected chi connectivity index (χ2v) is 9.91. The van der Waals surface area contributed by atoms with Gasteiger partial charge in [0.05, 0.1) is 35.3 Å². The number of aliphatic hydroxyl groups is 1. The maximum Gasteiger partial charge on any atom is 0.227 e. The number of nitrogens with zero attached hydrogens (tertiary/aromatic N) is 3. The Morgan fingerprint density at radius 2 is 1.57 bits per heavy atom. The van der Waals surface area contributed by atoms with E-state index in [1.807, 2.05) is 27.7 Å². The Hall–Kier alpha value is -2.81. The summed E-state index contributed by atoms with van der Waals surface area (Å²) in [4.78, 5) is 2.12. The first-order valence-electron chi connectivity index (χ1n) is 11.8. The molecule has 0 saturated carbocycles. The summed E-state index contributed by atoms with van der Waals surface area (Å²) >= 11 is 0. The Kier molecular flexibility index (Phi) is 8.64. The Morgan fingerprint density at radius 1 is 1.00 bits per heavy atom. The van der Waals surface area contributed by atoms with Crippen molar-refractivity contribution < 1.29 is 23.4 Å². The van der Waals surface area contributed by atoms with E-state index in [0.717, 1.165) is 11.3 Å². The number of rotatable bonds is 10. The summed E-state index contributed by atoms with van der Waals surface area (Å²) in [6, 6.07) is 11.8. The first-order chi connectivity index (χ1) is 16.4. The zero-order valence-corrected chi connectivity index (χ0v) is 21.3. The van der Waals surface area contributed by atoms with E-state index in [0.29, 0.717) is 30.4 Å². The third-order valence-corrected chi connectivity index (χ3v) is 5.48. The van der Waals surface area contributed by atoms with Gasteiger partial charge in [0.15, 0.2) is 0 Å². The minimum atomic E-state index is -0.675. The molecule has 1 atom stereocenters. The maximum atomic E-state index is 13.6. The maximum absolute atomic E-state index is 13.6. The molecule has 0 aliphatic carbocycles. The molecule has 190 valence electrons. The van der Waals surface area contributed by atoms with Gasteiger partial charge in [-0.3, -0.25) is 4.90 Å². The fraction of sp³-hybridized carbons (Fsp3) is 0.444. The molecule has 1 aromatic heterocycles. The van der Waals surface area contributed by atoms with Gasteiger partial charge in [-0.1, -0.05) is 0 Å². The molecular weight excluding hydrogens is 452 g/mol. The highest BCUT2D eigenvalue weighted by Crippen LogP contribution is 2.32. The predicted octanol–water partition coefficient (Wildman–Crippen LogP) is 5.64. The van der Waals surface area contributed by atoms with Crippen LogP contribution in [-0.2, 0) is 11.3 Å². The summed E-state index contributed by atoms with van der Waals surface area (Å²) in [5, 5.41) is 15.3. The van der Waals surface area contributed by atoms with Crippen molar-refractivity contribution in [3.63, 3.8) is 0 Å². The van der Waals surface area contributed by atoms with E-state index in [1.54, 1.807) is 28.9 Å². The molecule has 6 nitrogen and oxygen atoms in total. The lowest BCUT2D eigenvalue weighted by molar-refractivity contribution is -0.0587. The van der Waals surface area contributed by atoms with E-state index < -0.39 is 6.10 Å². The highest BCUT2D eigenvalue weighted by Gasteiger charge is 2.24. The van der Waals surface area contributed by atoms with E-state index >= 15 is 0 Å². The number of ether oxygens (including phenoxy) is 2. The lowest BCUT2D eigenvalue weighted by Crippen LogP contribution is -2.40. The van der Waals surface area contributed by atoms with E-state index in [2.05, 4.69) is 23.8 Å². The second-order valence-electron chi connectivity index (χ2n) is 9.91. The van der Waals surface area contributed by atoms with E-state index in [9.17, 15) is 13.9 Å². The predicted molar refractivity (Wildman–Crippen MR) is 132 cm³/mol. The molecule has 1 N–H and O–H groups in total. The molecule has 1 heterocycles. The van der Waals surface area contributed by atoms with Gasteiger partial charge < -0.3 is 14.6 Å². The monoisotopic (exact) mass is 487 g/mol. The zero-order valence-electron chi connectivity index (χ0n) is 21.3. The molecule has 0 spiro atoms. The van der Waals surface area contributed by atoms with Gasteiger partial charge in [0.25, 0.3) is 0 Å². The topological polar surface area (TPSA) is 59.8 Å². The fourth-order valence-electron chi connectivity index (χ4n) is 3.53. The van der Waals surface area contributed by atoms with Gasteiger partial charge >= 0.3 is 0 Å². The van der Waals surface area contributed by atoms with Gasteiger partial charge in [0, 0.05) is 19.1 Å². The van der Waals surface area contributed by atoms with Crippen LogP contribution in [0, 0.1) is 18.6 Å². The average molecular weight is 488 g/mol. The van der Waals surface area contributed by atoms with E-state index in [4.69, 9.17) is 9.47 Å². The van der Waals surface area contributed by atoms with Crippen molar-refractivity contribution in [3.05, 3.63) is 71.4 Å². The molecule has 0 radical (unpaired) electrons. The molecule has 0 bridgehead atoms. The number of aromatic nitrogens is 2. The molecule has 3 rings (SSSR count). The average Bonchev–Trinajstić information content (AvgIpc) is 3.08. The number of hydrogen-bond acceptors (Lipinski definition) is 5. The molecule has 0 unspecified atom stereocenters. The van der Waals surface area contributed by atoms with Crippen molar-refractivity contribution in [3.8, 4) is 17.3 Å². The largest absolute Gasteiger partial charge is 0.439 e. The summed E-state index contributed by atoms with van der Waals surface area (Å²) in [6.45, 7) is 12.9. The highest BCUT2D eigenvalue weighted by atomic mass is 19.1. The summed E-state index contributed by atoms with van der Waals surface area (Å²) in [5.74, 6) is 0.187.